The average molecular weight is 360 g/mol. The average Bonchev–Trinajstić information content (AvgIpc) is 2.85. The highest BCUT2D eigenvalue weighted by molar-refractivity contribution is 6.53. The van der Waals surface area contributed by atoms with E-state index in [-0.39, 0.29) is 6.79 Å². The van der Waals surface area contributed by atoms with Crippen molar-refractivity contribution in [2.75, 3.05) is 12.1 Å². The number of carbonyl (C=O) groups is 2. The molecule has 6 nitrogen and oxygen atoms in total. The van der Waals surface area contributed by atoms with Crippen LogP contribution < -0.4 is 14.8 Å². The molecule has 124 valence electrons. The standard InChI is InChI=1S/C15H15Cl2NO5/c1-8(23-13(20)14(2)6-15(14,16)17)12(19)18-9-3-4-10-11(5-9)22-7-21-10/h3-5,8H,6-7H2,1-2H3,(H,18,19)/t8-,14+/m1/s1. The summed E-state index contributed by atoms with van der Waals surface area (Å²) in [6.45, 7) is 3.24. The predicted molar refractivity (Wildman–Crippen MR) is 83.9 cm³/mol. The molecule has 0 saturated heterocycles. The molecule has 0 aromatic heterocycles. The van der Waals surface area contributed by atoms with Crippen molar-refractivity contribution in [3.05, 3.63) is 18.2 Å². The van der Waals surface area contributed by atoms with Crippen LogP contribution in [0.15, 0.2) is 18.2 Å². The number of ether oxygens (including phenoxy) is 3. The van der Waals surface area contributed by atoms with Crippen LogP contribution in [0.1, 0.15) is 20.3 Å². The highest BCUT2D eigenvalue weighted by Crippen LogP contribution is 2.64. The molecule has 0 radical (unpaired) electrons. The Hall–Kier alpha value is -1.66. The molecule has 0 spiro atoms. The molecule has 1 amide bonds. The molecule has 0 bridgehead atoms. The zero-order valence-electron chi connectivity index (χ0n) is 12.5. The van der Waals surface area contributed by atoms with Gasteiger partial charge < -0.3 is 19.5 Å². The minimum absolute atomic E-state index is 0.151. The van der Waals surface area contributed by atoms with Crippen LogP contribution >= 0.6 is 23.2 Å². The van der Waals surface area contributed by atoms with Gasteiger partial charge in [0.25, 0.3) is 5.91 Å². The van der Waals surface area contributed by atoms with Gasteiger partial charge in [0.2, 0.25) is 6.79 Å². The van der Waals surface area contributed by atoms with Crippen LogP contribution in [0.2, 0.25) is 0 Å². The van der Waals surface area contributed by atoms with Gasteiger partial charge >= 0.3 is 5.97 Å². The molecule has 0 unspecified atom stereocenters. The Labute approximate surface area is 143 Å². The minimum Gasteiger partial charge on any atom is -0.454 e. The lowest BCUT2D eigenvalue weighted by molar-refractivity contribution is -0.158. The number of carbonyl (C=O) groups excluding carboxylic acids is 2. The quantitative estimate of drug-likeness (QED) is 0.660. The first-order valence-corrected chi connectivity index (χ1v) is 7.78. The molecular weight excluding hydrogens is 345 g/mol. The molecule has 1 saturated carbocycles. The first-order valence-electron chi connectivity index (χ1n) is 7.02. The van der Waals surface area contributed by atoms with Crippen LogP contribution in [-0.4, -0.2) is 29.1 Å². The minimum atomic E-state index is -1.13. The third-order valence-corrected chi connectivity index (χ3v) is 5.10. The second-order valence-corrected chi connectivity index (χ2v) is 7.30. The fourth-order valence-electron chi connectivity index (χ4n) is 2.18. The number of fused-ring (bicyclic) bond motifs is 1. The summed E-state index contributed by atoms with van der Waals surface area (Å²) >= 11 is 11.9. The van der Waals surface area contributed by atoms with Crippen LogP contribution in [0.3, 0.4) is 0 Å². The van der Waals surface area contributed by atoms with E-state index in [1.165, 1.54) is 6.92 Å². The van der Waals surface area contributed by atoms with E-state index in [9.17, 15) is 9.59 Å². The maximum Gasteiger partial charge on any atom is 0.315 e. The number of anilines is 1. The Bertz CT molecular complexity index is 678. The summed E-state index contributed by atoms with van der Waals surface area (Å²) in [5.41, 5.74) is -0.451. The number of alkyl halides is 2. The molecule has 2 aliphatic rings. The molecule has 1 heterocycles. The molecule has 1 N–H and O–H groups in total. The Morgan fingerprint density at radius 1 is 1.30 bits per heavy atom. The Morgan fingerprint density at radius 2 is 1.96 bits per heavy atom. The van der Waals surface area contributed by atoms with Gasteiger partial charge in [-0.25, -0.2) is 0 Å². The fraction of sp³-hybridized carbons (Fsp3) is 0.467. The van der Waals surface area contributed by atoms with Crippen LogP contribution in [0.4, 0.5) is 5.69 Å². The number of hydrogen-bond donors (Lipinski definition) is 1. The third-order valence-electron chi connectivity index (χ3n) is 4.00. The largest absolute Gasteiger partial charge is 0.454 e. The van der Waals surface area contributed by atoms with Gasteiger partial charge in [-0.15, -0.1) is 23.2 Å². The summed E-state index contributed by atoms with van der Waals surface area (Å²) in [5.74, 6) is 0.115. The summed E-state index contributed by atoms with van der Waals surface area (Å²) in [7, 11) is 0. The topological polar surface area (TPSA) is 73.9 Å². The van der Waals surface area contributed by atoms with Gasteiger partial charge in [-0.05, 0) is 26.0 Å². The van der Waals surface area contributed by atoms with Crippen molar-refractivity contribution in [2.24, 2.45) is 5.41 Å². The van der Waals surface area contributed by atoms with Crippen LogP contribution in [0.5, 0.6) is 11.5 Å². The summed E-state index contributed by atoms with van der Waals surface area (Å²) < 4.78 is 14.5. The second kappa shape index (κ2) is 5.46. The van der Waals surface area contributed by atoms with E-state index in [0.29, 0.717) is 23.6 Å². The third kappa shape index (κ3) is 2.93. The molecule has 1 aromatic rings. The SMILES string of the molecule is C[C@@H](OC(=O)[C@]1(C)CC1(Cl)Cl)C(=O)Nc1ccc2c(c1)OCO2. The smallest absolute Gasteiger partial charge is 0.315 e. The fourth-order valence-corrected chi connectivity index (χ4v) is 2.87. The maximum absolute atomic E-state index is 12.1. The number of rotatable bonds is 4. The van der Waals surface area contributed by atoms with Gasteiger partial charge in [0, 0.05) is 18.2 Å². The molecule has 3 rings (SSSR count). The normalized spacial score (nSPS) is 24.7. The van der Waals surface area contributed by atoms with Crippen molar-refractivity contribution in [3.8, 4) is 11.5 Å². The number of benzene rings is 1. The van der Waals surface area contributed by atoms with E-state index in [4.69, 9.17) is 37.4 Å². The van der Waals surface area contributed by atoms with Crippen LogP contribution in [-0.2, 0) is 14.3 Å². The van der Waals surface area contributed by atoms with E-state index in [0.717, 1.165) is 0 Å². The first kappa shape index (κ1) is 16.2. The Morgan fingerprint density at radius 3 is 2.61 bits per heavy atom. The van der Waals surface area contributed by atoms with Crippen molar-refractivity contribution in [1.82, 2.24) is 0 Å². The Kier molecular flexibility index (Phi) is 3.84. The van der Waals surface area contributed by atoms with Gasteiger partial charge in [0.05, 0.1) is 0 Å². The molecule has 1 aromatic carbocycles. The van der Waals surface area contributed by atoms with Crippen LogP contribution in [0, 0.1) is 5.41 Å². The predicted octanol–water partition coefficient (Wildman–Crippen LogP) is 2.87. The van der Waals surface area contributed by atoms with E-state index < -0.39 is 27.7 Å². The highest BCUT2D eigenvalue weighted by Gasteiger charge is 2.69. The molecule has 2 atom stereocenters. The summed E-state index contributed by atoms with van der Waals surface area (Å²) in [6, 6.07) is 5.00. The maximum atomic E-state index is 12.1. The van der Waals surface area contributed by atoms with Crippen molar-refractivity contribution in [3.63, 3.8) is 0 Å². The van der Waals surface area contributed by atoms with Gasteiger partial charge in [-0.3, -0.25) is 9.59 Å². The highest BCUT2D eigenvalue weighted by atomic mass is 35.5. The zero-order chi connectivity index (χ0) is 16.8. The molecule has 1 fully saturated rings. The Balaban J connectivity index is 1.59. The summed E-state index contributed by atoms with van der Waals surface area (Å²) in [5, 5.41) is 2.65. The van der Waals surface area contributed by atoms with Gasteiger partial charge in [0.15, 0.2) is 17.6 Å². The summed E-state index contributed by atoms with van der Waals surface area (Å²) in [4.78, 5) is 24.2. The van der Waals surface area contributed by atoms with Crippen molar-refractivity contribution < 1.29 is 23.8 Å². The van der Waals surface area contributed by atoms with E-state index in [1.54, 1.807) is 25.1 Å². The lowest BCUT2D eigenvalue weighted by atomic mass is 10.1. The molecular formula is C15H15Cl2NO5. The number of halogens is 2. The monoisotopic (exact) mass is 359 g/mol. The first-order chi connectivity index (χ1) is 10.7. The lowest BCUT2D eigenvalue weighted by Gasteiger charge is -2.17. The van der Waals surface area contributed by atoms with E-state index in [2.05, 4.69) is 5.32 Å². The number of nitrogens with one attached hydrogen (secondary N) is 1. The summed E-state index contributed by atoms with van der Waals surface area (Å²) in [6.07, 6.45) is -0.673. The number of amides is 1. The van der Waals surface area contributed by atoms with Gasteiger partial charge in [-0.1, -0.05) is 0 Å². The van der Waals surface area contributed by atoms with Crippen molar-refractivity contribution >= 4 is 40.8 Å². The van der Waals surface area contributed by atoms with E-state index >= 15 is 0 Å². The molecule has 1 aliphatic heterocycles. The van der Waals surface area contributed by atoms with Gasteiger partial charge in [0.1, 0.15) is 9.75 Å². The lowest BCUT2D eigenvalue weighted by Crippen LogP contribution is -2.33. The number of esters is 1. The zero-order valence-corrected chi connectivity index (χ0v) is 14.0. The molecule has 1 aliphatic carbocycles. The molecule has 23 heavy (non-hydrogen) atoms. The van der Waals surface area contributed by atoms with E-state index in [1.807, 2.05) is 0 Å². The van der Waals surface area contributed by atoms with Crippen molar-refractivity contribution in [1.29, 1.82) is 0 Å². The number of hydrogen-bond acceptors (Lipinski definition) is 5. The van der Waals surface area contributed by atoms with Gasteiger partial charge in [-0.2, -0.15) is 0 Å². The van der Waals surface area contributed by atoms with Crippen LogP contribution in [0.25, 0.3) is 0 Å². The van der Waals surface area contributed by atoms with Crippen molar-refractivity contribution in [2.45, 2.75) is 30.7 Å². The second-order valence-electron chi connectivity index (χ2n) is 5.82. The molecule has 8 heteroatoms.